The van der Waals surface area contributed by atoms with Crippen molar-refractivity contribution in [2.45, 2.75) is 91.1 Å². The predicted molar refractivity (Wildman–Crippen MR) is 184 cm³/mol. The van der Waals surface area contributed by atoms with Crippen molar-refractivity contribution in [1.29, 1.82) is 0 Å². The first kappa shape index (κ1) is 31.1. The zero-order valence-electron chi connectivity index (χ0n) is 26.7. The first-order valence-corrected chi connectivity index (χ1v) is 16.4. The number of nitrogens with zero attached hydrogens (tertiary/aromatic N) is 6. The molecule has 10 nitrogen and oxygen atoms in total. The standard InChI is InChI=1S/C36H40N6O4/c1-4-5-6-7-8-9-10-11-12-13-34(39-32-22-26(41(43)44)14-16-28(32)30-18-20-37-24(2)35(30)39)40-33-23-27(42(45)46)15-17-29(33)31-19-21-38-25(3)36(31)40/h14-23,34H,4-13H2,1-3H3. The SMILES string of the molecule is CCCCCCCCCCCC(n1c2cc([N+](=O)[O-])ccc2c2ccnc(C)c21)n1c2cc([N+](=O)[O-])ccc2c2ccnc(C)c21. The van der Waals surface area contributed by atoms with Gasteiger partial charge in [-0.3, -0.25) is 30.2 Å². The highest BCUT2D eigenvalue weighted by Gasteiger charge is 2.27. The molecule has 0 radical (unpaired) electrons. The molecule has 2 aromatic carbocycles. The van der Waals surface area contributed by atoms with Crippen molar-refractivity contribution in [2.24, 2.45) is 0 Å². The zero-order valence-corrected chi connectivity index (χ0v) is 26.7. The second-order valence-electron chi connectivity index (χ2n) is 12.3. The average molecular weight is 621 g/mol. The lowest BCUT2D eigenvalue weighted by molar-refractivity contribution is -0.384. The molecule has 10 heteroatoms. The fourth-order valence-electron chi connectivity index (χ4n) is 7.15. The highest BCUT2D eigenvalue weighted by Crippen LogP contribution is 2.42. The Hall–Kier alpha value is -4.86. The van der Waals surface area contributed by atoms with Crippen LogP contribution in [0.3, 0.4) is 0 Å². The maximum absolute atomic E-state index is 12.0. The fourth-order valence-corrected chi connectivity index (χ4v) is 7.15. The van der Waals surface area contributed by atoms with Gasteiger partial charge in [0.2, 0.25) is 0 Å². The number of hydrogen-bond donors (Lipinski definition) is 0. The summed E-state index contributed by atoms with van der Waals surface area (Å²) in [4.78, 5) is 32.6. The van der Waals surface area contributed by atoms with Crippen LogP contribution in [0.15, 0.2) is 60.9 Å². The Balaban J connectivity index is 1.56. The molecule has 6 aromatic rings. The number of unbranched alkanes of at least 4 members (excludes halogenated alkanes) is 8. The van der Waals surface area contributed by atoms with Crippen LogP contribution in [-0.2, 0) is 0 Å². The van der Waals surface area contributed by atoms with E-state index in [1.54, 1.807) is 36.7 Å². The summed E-state index contributed by atoms with van der Waals surface area (Å²) in [5, 5.41) is 27.7. The molecular weight excluding hydrogens is 580 g/mol. The van der Waals surface area contributed by atoms with Gasteiger partial charge in [-0.25, -0.2) is 0 Å². The minimum absolute atomic E-state index is 0.0136. The van der Waals surface area contributed by atoms with Crippen molar-refractivity contribution in [2.75, 3.05) is 0 Å². The minimum Gasteiger partial charge on any atom is -0.317 e. The number of nitro benzene ring substituents is 2. The molecule has 0 unspecified atom stereocenters. The molecule has 4 aromatic heterocycles. The van der Waals surface area contributed by atoms with Crippen molar-refractivity contribution >= 4 is 55.0 Å². The summed E-state index contributed by atoms with van der Waals surface area (Å²) < 4.78 is 4.38. The quantitative estimate of drug-likeness (QED) is 0.0678. The Labute approximate surface area is 267 Å². The molecule has 0 bridgehead atoms. The first-order chi connectivity index (χ1) is 22.3. The van der Waals surface area contributed by atoms with Gasteiger partial charge in [-0.1, -0.05) is 58.3 Å². The van der Waals surface area contributed by atoms with E-state index in [4.69, 9.17) is 0 Å². The number of benzene rings is 2. The van der Waals surface area contributed by atoms with E-state index in [0.29, 0.717) is 0 Å². The summed E-state index contributed by atoms with van der Waals surface area (Å²) in [6, 6.07) is 14.0. The summed E-state index contributed by atoms with van der Waals surface area (Å²) in [7, 11) is 0. The molecule has 0 amide bonds. The highest BCUT2D eigenvalue weighted by molar-refractivity contribution is 6.11. The van der Waals surface area contributed by atoms with E-state index in [1.807, 2.05) is 38.1 Å². The van der Waals surface area contributed by atoms with Gasteiger partial charge in [0.25, 0.3) is 11.4 Å². The Morgan fingerprint density at radius 3 is 1.50 bits per heavy atom. The third-order valence-corrected chi connectivity index (χ3v) is 9.34. The Bertz CT molecular complexity index is 1940. The topological polar surface area (TPSA) is 122 Å². The summed E-state index contributed by atoms with van der Waals surface area (Å²) in [5.41, 5.74) is 4.94. The van der Waals surface area contributed by atoms with E-state index in [1.165, 1.54) is 38.5 Å². The number of fused-ring (bicyclic) bond motifs is 6. The number of rotatable bonds is 14. The molecule has 0 fully saturated rings. The van der Waals surface area contributed by atoms with Crippen LogP contribution in [0.5, 0.6) is 0 Å². The molecule has 238 valence electrons. The molecule has 0 saturated heterocycles. The predicted octanol–water partition coefficient (Wildman–Crippen LogP) is 10.1. The fraction of sp³-hybridized carbons (Fsp3) is 0.389. The van der Waals surface area contributed by atoms with Gasteiger partial charge in [0.1, 0.15) is 6.17 Å². The highest BCUT2D eigenvalue weighted by atomic mass is 16.6. The lowest BCUT2D eigenvalue weighted by Gasteiger charge is -2.26. The number of nitro groups is 2. The summed E-state index contributed by atoms with van der Waals surface area (Å²) in [5.74, 6) is 0. The maximum Gasteiger partial charge on any atom is 0.271 e. The van der Waals surface area contributed by atoms with Crippen molar-refractivity contribution < 1.29 is 9.85 Å². The number of hydrogen-bond acceptors (Lipinski definition) is 6. The van der Waals surface area contributed by atoms with Crippen LogP contribution in [0.25, 0.3) is 43.6 Å². The van der Waals surface area contributed by atoms with Gasteiger partial charge in [-0.2, -0.15) is 0 Å². The molecule has 0 aliphatic carbocycles. The lowest BCUT2D eigenvalue weighted by Crippen LogP contribution is -2.19. The van der Waals surface area contributed by atoms with E-state index in [0.717, 1.165) is 80.7 Å². The van der Waals surface area contributed by atoms with Gasteiger partial charge in [0, 0.05) is 58.2 Å². The van der Waals surface area contributed by atoms with Crippen LogP contribution in [0.1, 0.15) is 88.7 Å². The number of aryl methyl sites for hydroxylation is 2. The molecule has 0 spiro atoms. The largest absolute Gasteiger partial charge is 0.317 e. The van der Waals surface area contributed by atoms with Crippen LogP contribution in [0.4, 0.5) is 11.4 Å². The smallest absolute Gasteiger partial charge is 0.271 e. The number of pyridine rings is 2. The summed E-state index contributed by atoms with van der Waals surface area (Å²) >= 11 is 0. The molecular formula is C36H40N6O4. The third-order valence-electron chi connectivity index (χ3n) is 9.34. The molecule has 6 rings (SSSR count). The molecule has 4 heterocycles. The van der Waals surface area contributed by atoms with Gasteiger partial charge in [-0.05, 0) is 51.0 Å². The molecule has 0 saturated carbocycles. The molecule has 46 heavy (non-hydrogen) atoms. The van der Waals surface area contributed by atoms with Crippen LogP contribution in [0.2, 0.25) is 0 Å². The van der Waals surface area contributed by atoms with Gasteiger partial charge in [0.15, 0.2) is 0 Å². The first-order valence-electron chi connectivity index (χ1n) is 16.4. The molecule has 0 aliphatic rings. The molecule has 0 N–H and O–H groups in total. The molecule has 0 aliphatic heterocycles. The van der Waals surface area contributed by atoms with Crippen LogP contribution < -0.4 is 0 Å². The van der Waals surface area contributed by atoms with E-state index in [2.05, 4.69) is 26.0 Å². The van der Waals surface area contributed by atoms with Gasteiger partial charge >= 0.3 is 0 Å². The van der Waals surface area contributed by atoms with Gasteiger partial charge < -0.3 is 9.13 Å². The Kier molecular flexibility index (Phi) is 8.96. The maximum atomic E-state index is 12.0. The normalized spacial score (nSPS) is 11.9. The number of aromatic nitrogens is 4. The van der Waals surface area contributed by atoms with Crippen molar-refractivity contribution in [3.8, 4) is 0 Å². The second kappa shape index (κ2) is 13.2. The van der Waals surface area contributed by atoms with Gasteiger partial charge in [0.05, 0.1) is 43.3 Å². The van der Waals surface area contributed by atoms with Crippen LogP contribution in [0, 0.1) is 34.1 Å². The number of non-ortho nitro benzene ring substituents is 2. The Morgan fingerprint density at radius 1 is 0.630 bits per heavy atom. The van der Waals surface area contributed by atoms with Crippen LogP contribution >= 0.6 is 0 Å². The lowest BCUT2D eigenvalue weighted by atomic mass is 10.1. The van der Waals surface area contributed by atoms with Gasteiger partial charge in [-0.15, -0.1) is 0 Å². The minimum atomic E-state index is -0.361. The van der Waals surface area contributed by atoms with Crippen molar-refractivity contribution in [3.63, 3.8) is 0 Å². The van der Waals surface area contributed by atoms with E-state index >= 15 is 0 Å². The summed E-state index contributed by atoms with van der Waals surface area (Å²) in [6.45, 7) is 6.16. The zero-order chi connectivity index (χ0) is 32.4. The second-order valence-corrected chi connectivity index (χ2v) is 12.3. The van der Waals surface area contributed by atoms with E-state index < -0.39 is 0 Å². The Morgan fingerprint density at radius 2 is 1.07 bits per heavy atom. The van der Waals surface area contributed by atoms with E-state index in [9.17, 15) is 20.2 Å². The average Bonchev–Trinajstić information content (AvgIpc) is 3.56. The van der Waals surface area contributed by atoms with Crippen molar-refractivity contribution in [3.05, 3.63) is 92.5 Å². The van der Waals surface area contributed by atoms with E-state index in [-0.39, 0.29) is 27.4 Å². The molecule has 0 atom stereocenters. The monoisotopic (exact) mass is 620 g/mol. The van der Waals surface area contributed by atoms with Crippen LogP contribution in [-0.4, -0.2) is 28.9 Å². The van der Waals surface area contributed by atoms with Crippen molar-refractivity contribution in [1.82, 2.24) is 19.1 Å². The summed E-state index contributed by atoms with van der Waals surface area (Å²) in [6.07, 6.45) is 14.6. The third kappa shape index (κ3) is 5.68.